The van der Waals surface area contributed by atoms with Crippen LogP contribution in [-0.2, 0) is 6.54 Å². The van der Waals surface area contributed by atoms with Crippen molar-refractivity contribution in [1.82, 2.24) is 9.78 Å². The van der Waals surface area contributed by atoms with E-state index < -0.39 is 0 Å². The predicted molar refractivity (Wildman–Crippen MR) is 63.1 cm³/mol. The van der Waals surface area contributed by atoms with Crippen molar-refractivity contribution in [2.45, 2.75) is 6.54 Å². The monoisotopic (exact) mass is 382 g/mol. The van der Waals surface area contributed by atoms with Gasteiger partial charge >= 0.3 is 0 Å². The lowest BCUT2D eigenvalue weighted by Gasteiger charge is -1.98. The molecular formula is C8H5Br3N2O. The first kappa shape index (κ1) is 10.4. The molecule has 74 valence electrons. The maximum absolute atomic E-state index is 5.13. The first-order chi connectivity index (χ1) is 6.65. The van der Waals surface area contributed by atoms with Crippen molar-refractivity contribution in [2.24, 2.45) is 0 Å². The Bertz CT molecular complexity index is 449. The SMILES string of the molecule is Brc1cc(Br)n(Cc2coc(Br)c2)n1. The lowest BCUT2D eigenvalue weighted by molar-refractivity contribution is 0.535. The van der Waals surface area contributed by atoms with Crippen LogP contribution in [-0.4, -0.2) is 9.78 Å². The Morgan fingerprint density at radius 2 is 2.07 bits per heavy atom. The van der Waals surface area contributed by atoms with Crippen LogP contribution in [0, 0.1) is 0 Å². The average Bonchev–Trinajstić information content (AvgIpc) is 2.61. The third-order valence-corrected chi connectivity index (χ3v) is 3.10. The minimum absolute atomic E-state index is 0.682. The number of hydrogen-bond acceptors (Lipinski definition) is 2. The van der Waals surface area contributed by atoms with Crippen LogP contribution >= 0.6 is 47.8 Å². The van der Waals surface area contributed by atoms with Crippen LogP contribution in [0.2, 0.25) is 0 Å². The van der Waals surface area contributed by atoms with Gasteiger partial charge in [-0.1, -0.05) is 0 Å². The van der Waals surface area contributed by atoms with Crippen molar-refractivity contribution in [1.29, 1.82) is 0 Å². The van der Waals surface area contributed by atoms with Crippen molar-refractivity contribution >= 4 is 47.8 Å². The zero-order valence-electron chi connectivity index (χ0n) is 6.88. The van der Waals surface area contributed by atoms with Gasteiger partial charge in [0.25, 0.3) is 0 Å². The molecule has 0 aliphatic rings. The van der Waals surface area contributed by atoms with Gasteiger partial charge < -0.3 is 4.42 Å². The summed E-state index contributed by atoms with van der Waals surface area (Å²) in [5.74, 6) is 0. The summed E-state index contributed by atoms with van der Waals surface area (Å²) in [6.45, 7) is 0.682. The second-order valence-electron chi connectivity index (χ2n) is 2.71. The van der Waals surface area contributed by atoms with Crippen LogP contribution < -0.4 is 0 Å². The molecule has 2 heterocycles. The second-order valence-corrected chi connectivity index (χ2v) is 5.11. The highest BCUT2D eigenvalue weighted by Crippen LogP contribution is 2.20. The number of furan rings is 1. The zero-order chi connectivity index (χ0) is 10.1. The van der Waals surface area contributed by atoms with Gasteiger partial charge in [-0.2, -0.15) is 5.10 Å². The Hall–Kier alpha value is -0.0700. The summed E-state index contributed by atoms with van der Waals surface area (Å²) in [6, 6.07) is 3.82. The van der Waals surface area contributed by atoms with Gasteiger partial charge in [0, 0.05) is 11.6 Å². The molecule has 0 bridgehead atoms. The van der Waals surface area contributed by atoms with E-state index >= 15 is 0 Å². The summed E-state index contributed by atoms with van der Waals surface area (Å²) in [5.41, 5.74) is 1.06. The summed E-state index contributed by atoms with van der Waals surface area (Å²) in [7, 11) is 0. The van der Waals surface area contributed by atoms with Crippen molar-refractivity contribution in [3.63, 3.8) is 0 Å². The molecule has 0 saturated heterocycles. The minimum Gasteiger partial charge on any atom is -0.457 e. The summed E-state index contributed by atoms with van der Waals surface area (Å²) in [4.78, 5) is 0. The molecule has 0 aromatic carbocycles. The fourth-order valence-corrected chi connectivity index (χ4v) is 2.60. The number of rotatable bonds is 2. The molecule has 0 unspecified atom stereocenters. The third kappa shape index (κ3) is 2.29. The van der Waals surface area contributed by atoms with Gasteiger partial charge in [0.05, 0.1) is 12.8 Å². The van der Waals surface area contributed by atoms with E-state index in [-0.39, 0.29) is 0 Å². The van der Waals surface area contributed by atoms with Crippen LogP contribution in [0.25, 0.3) is 0 Å². The molecular weight excluding hydrogens is 380 g/mol. The van der Waals surface area contributed by atoms with Gasteiger partial charge in [-0.05, 0) is 53.9 Å². The van der Waals surface area contributed by atoms with Crippen LogP contribution in [0.4, 0.5) is 0 Å². The van der Waals surface area contributed by atoms with Gasteiger partial charge in [0.2, 0.25) is 0 Å². The first-order valence-corrected chi connectivity index (χ1v) is 6.15. The molecule has 0 radical (unpaired) electrons. The first-order valence-electron chi connectivity index (χ1n) is 3.77. The molecule has 6 heteroatoms. The van der Waals surface area contributed by atoms with Gasteiger partial charge in [-0.15, -0.1) is 0 Å². The zero-order valence-corrected chi connectivity index (χ0v) is 11.6. The van der Waals surface area contributed by atoms with Crippen LogP contribution in [0.1, 0.15) is 5.56 Å². The van der Waals surface area contributed by atoms with Gasteiger partial charge in [-0.3, -0.25) is 4.68 Å². The Labute approximate surface area is 106 Å². The standard InChI is InChI=1S/C8H5Br3N2O/c9-6-2-7(10)13(12-6)3-5-1-8(11)14-4-5/h1-2,4H,3H2. The molecule has 0 fully saturated rings. The molecule has 2 aromatic heterocycles. The molecule has 0 atom stereocenters. The van der Waals surface area contributed by atoms with E-state index in [1.165, 1.54) is 0 Å². The van der Waals surface area contributed by atoms with Gasteiger partial charge in [0.1, 0.15) is 9.21 Å². The number of aromatic nitrogens is 2. The van der Waals surface area contributed by atoms with E-state index in [1.54, 1.807) is 6.26 Å². The maximum Gasteiger partial charge on any atom is 0.169 e. The van der Waals surface area contributed by atoms with E-state index in [4.69, 9.17) is 4.42 Å². The topological polar surface area (TPSA) is 31.0 Å². The highest BCUT2D eigenvalue weighted by Gasteiger charge is 2.05. The molecule has 0 aliphatic carbocycles. The predicted octanol–water partition coefficient (Wildman–Crippen LogP) is 3.81. The summed E-state index contributed by atoms with van der Waals surface area (Å²) < 4.78 is 9.44. The Morgan fingerprint density at radius 3 is 2.57 bits per heavy atom. The molecule has 2 rings (SSSR count). The molecule has 2 aromatic rings. The molecule has 0 aliphatic heterocycles. The van der Waals surface area contributed by atoms with Crippen molar-refractivity contribution in [3.05, 3.63) is 37.8 Å². The van der Waals surface area contributed by atoms with Gasteiger partial charge in [0.15, 0.2) is 4.67 Å². The third-order valence-electron chi connectivity index (χ3n) is 1.66. The normalized spacial score (nSPS) is 10.8. The average molecular weight is 385 g/mol. The molecule has 14 heavy (non-hydrogen) atoms. The van der Waals surface area contributed by atoms with Crippen LogP contribution in [0.15, 0.2) is 36.7 Å². The van der Waals surface area contributed by atoms with E-state index in [0.29, 0.717) is 6.54 Å². The van der Waals surface area contributed by atoms with E-state index in [9.17, 15) is 0 Å². The summed E-state index contributed by atoms with van der Waals surface area (Å²) in [5, 5.41) is 4.24. The number of halogens is 3. The molecule has 0 amide bonds. The number of hydrogen-bond donors (Lipinski definition) is 0. The number of nitrogens with zero attached hydrogens (tertiary/aromatic N) is 2. The van der Waals surface area contributed by atoms with Crippen LogP contribution in [0.3, 0.4) is 0 Å². The molecule has 3 nitrogen and oxygen atoms in total. The quantitative estimate of drug-likeness (QED) is 0.788. The fraction of sp³-hybridized carbons (Fsp3) is 0.125. The van der Waals surface area contributed by atoms with Crippen molar-refractivity contribution in [2.75, 3.05) is 0 Å². The fourth-order valence-electron chi connectivity index (χ4n) is 1.08. The van der Waals surface area contributed by atoms with E-state index in [1.807, 2.05) is 16.8 Å². The summed E-state index contributed by atoms with van der Waals surface area (Å²) >= 11 is 9.97. The maximum atomic E-state index is 5.13. The molecule has 0 saturated carbocycles. The highest BCUT2D eigenvalue weighted by atomic mass is 79.9. The largest absolute Gasteiger partial charge is 0.457 e. The van der Waals surface area contributed by atoms with Crippen LogP contribution in [0.5, 0.6) is 0 Å². The second kappa shape index (κ2) is 4.20. The smallest absolute Gasteiger partial charge is 0.169 e. The lowest BCUT2D eigenvalue weighted by atomic mass is 10.3. The Balaban J connectivity index is 2.22. The van der Waals surface area contributed by atoms with Crippen molar-refractivity contribution < 1.29 is 4.42 Å². The molecule has 0 spiro atoms. The van der Waals surface area contributed by atoms with E-state index in [2.05, 4.69) is 52.9 Å². The summed E-state index contributed by atoms with van der Waals surface area (Å²) in [6.07, 6.45) is 1.70. The van der Waals surface area contributed by atoms with Crippen molar-refractivity contribution in [3.8, 4) is 0 Å². The van der Waals surface area contributed by atoms with Gasteiger partial charge in [-0.25, -0.2) is 0 Å². The minimum atomic E-state index is 0.682. The van der Waals surface area contributed by atoms with E-state index in [0.717, 1.165) is 19.4 Å². The highest BCUT2D eigenvalue weighted by molar-refractivity contribution is 9.11. The molecule has 0 N–H and O–H groups in total. The lowest BCUT2D eigenvalue weighted by Crippen LogP contribution is -2.00. The Kier molecular flexibility index (Phi) is 3.14. The Morgan fingerprint density at radius 1 is 1.29 bits per heavy atom.